The fourth-order valence-corrected chi connectivity index (χ4v) is 3.79. The van der Waals surface area contributed by atoms with Gasteiger partial charge in [0, 0.05) is 22.3 Å². The summed E-state index contributed by atoms with van der Waals surface area (Å²) in [5.41, 5.74) is 5.54. The zero-order chi connectivity index (χ0) is 20.6. The van der Waals surface area contributed by atoms with Crippen LogP contribution in [0.3, 0.4) is 0 Å². The maximum Gasteiger partial charge on any atom is 0.136 e. The number of aromatic nitrogens is 1. The number of unbranched alkanes of at least 4 members (excludes halogenated alkanes) is 3. The number of benzene rings is 3. The van der Waals surface area contributed by atoms with Crippen molar-refractivity contribution in [3.8, 4) is 0 Å². The number of anilines is 4. The van der Waals surface area contributed by atoms with E-state index in [1.54, 1.807) is 0 Å². The Balaban J connectivity index is 1.80. The zero-order valence-corrected chi connectivity index (χ0v) is 17.6. The van der Waals surface area contributed by atoms with Gasteiger partial charge in [0.1, 0.15) is 5.82 Å². The normalized spacial score (nSPS) is 10.8. The Morgan fingerprint density at radius 2 is 1.30 bits per heavy atom. The molecule has 0 fully saturated rings. The minimum absolute atomic E-state index is 0.940. The molecule has 0 saturated carbocycles. The quantitative estimate of drug-likeness (QED) is 0.283. The van der Waals surface area contributed by atoms with Gasteiger partial charge in [-0.25, -0.2) is 4.98 Å². The van der Waals surface area contributed by atoms with E-state index in [1.165, 1.54) is 24.8 Å². The molecule has 0 radical (unpaired) electrons. The van der Waals surface area contributed by atoms with Crippen molar-refractivity contribution in [2.75, 3.05) is 10.6 Å². The fourth-order valence-electron chi connectivity index (χ4n) is 3.79. The molecule has 0 bridgehead atoms. The molecule has 152 valence electrons. The second kappa shape index (κ2) is 9.93. The van der Waals surface area contributed by atoms with Crippen molar-refractivity contribution in [2.45, 2.75) is 39.0 Å². The first kappa shape index (κ1) is 20.0. The first-order chi connectivity index (χ1) is 14.8. The van der Waals surface area contributed by atoms with Gasteiger partial charge in [-0.15, -0.1) is 0 Å². The van der Waals surface area contributed by atoms with E-state index in [0.29, 0.717) is 0 Å². The maximum absolute atomic E-state index is 5.02. The SMILES string of the molecule is CCCCCCc1c(Nc2ccccc2)nc2ccccc2c1Nc1ccccc1. The van der Waals surface area contributed by atoms with Gasteiger partial charge in [-0.05, 0) is 43.2 Å². The molecule has 4 aromatic rings. The van der Waals surface area contributed by atoms with Crippen LogP contribution < -0.4 is 10.6 Å². The van der Waals surface area contributed by atoms with Crippen molar-refractivity contribution in [3.63, 3.8) is 0 Å². The van der Waals surface area contributed by atoms with E-state index < -0.39 is 0 Å². The van der Waals surface area contributed by atoms with E-state index in [2.05, 4.69) is 78.2 Å². The van der Waals surface area contributed by atoms with E-state index >= 15 is 0 Å². The molecule has 0 spiro atoms. The summed E-state index contributed by atoms with van der Waals surface area (Å²) in [6.07, 6.45) is 5.88. The molecule has 0 aliphatic rings. The Morgan fingerprint density at radius 1 is 0.667 bits per heavy atom. The third kappa shape index (κ3) is 4.80. The molecule has 3 aromatic carbocycles. The van der Waals surface area contributed by atoms with Crippen molar-refractivity contribution in [2.24, 2.45) is 0 Å². The molecule has 1 aromatic heterocycles. The van der Waals surface area contributed by atoms with Crippen LogP contribution in [0.1, 0.15) is 38.2 Å². The van der Waals surface area contributed by atoms with Crippen molar-refractivity contribution < 1.29 is 0 Å². The van der Waals surface area contributed by atoms with Crippen LogP contribution in [0.25, 0.3) is 10.9 Å². The standard InChI is InChI=1S/C27H29N3/c1-2-3-4-11-19-24-26(28-21-14-7-5-8-15-21)23-18-12-13-20-25(23)30-27(24)29-22-16-9-6-10-17-22/h5-10,12-18,20H,2-4,11,19H2,1H3,(H2,28,29,30). The van der Waals surface area contributed by atoms with Crippen LogP contribution in [0.15, 0.2) is 84.9 Å². The average Bonchev–Trinajstić information content (AvgIpc) is 2.79. The Morgan fingerprint density at radius 3 is 2.00 bits per heavy atom. The Kier molecular flexibility index (Phi) is 6.61. The third-order valence-electron chi connectivity index (χ3n) is 5.35. The average molecular weight is 396 g/mol. The number of rotatable bonds is 9. The van der Waals surface area contributed by atoms with Crippen molar-refractivity contribution in [3.05, 3.63) is 90.5 Å². The number of hydrogen-bond donors (Lipinski definition) is 2. The lowest BCUT2D eigenvalue weighted by molar-refractivity contribution is 0.667. The Labute approximate surface area is 179 Å². The molecule has 2 N–H and O–H groups in total. The topological polar surface area (TPSA) is 37.0 Å². The highest BCUT2D eigenvalue weighted by molar-refractivity contribution is 5.97. The molecular weight excluding hydrogens is 366 g/mol. The van der Waals surface area contributed by atoms with Crippen LogP contribution in [0.2, 0.25) is 0 Å². The largest absolute Gasteiger partial charge is 0.355 e. The lowest BCUT2D eigenvalue weighted by Gasteiger charge is -2.20. The van der Waals surface area contributed by atoms with Gasteiger partial charge in [0.05, 0.1) is 11.2 Å². The van der Waals surface area contributed by atoms with Crippen LogP contribution in [0, 0.1) is 0 Å². The maximum atomic E-state index is 5.02. The predicted octanol–water partition coefficient (Wildman–Crippen LogP) is 7.84. The van der Waals surface area contributed by atoms with Crippen LogP contribution in [0.5, 0.6) is 0 Å². The van der Waals surface area contributed by atoms with Gasteiger partial charge < -0.3 is 10.6 Å². The van der Waals surface area contributed by atoms with E-state index in [4.69, 9.17) is 4.98 Å². The lowest BCUT2D eigenvalue weighted by atomic mass is 10.0. The molecular formula is C27H29N3. The molecule has 0 amide bonds. The molecule has 3 heteroatoms. The number of hydrogen-bond acceptors (Lipinski definition) is 3. The highest BCUT2D eigenvalue weighted by atomic mass is 15.0. The Hall–Kier alpha value is -3.33. The summed E-state index contributed by atoms with van der Waals surface area (Å²) in [6, 6.07) is 29.1. The van der Waals surface area contributed by atoms with Crippen LogP contribution >= 0.6 is 0 Å². The second-order valence-electron chi connectivity index (χ2n) is 7.62. The molecule has 0 atom stereocenters. The minimum atomic E-state index is 0.940. The molecule has 0 saturated heterocycles. The van der Waals surface area contributed by atoms with Crippen LogP contribution in [0.4, 0.5) is 22.9 Å². The summed E-state index contributed by atoms with van der Waals surface area (Å²) < 4.78 is 0. The molecule has 1 heterocycles. The lowest BCUT2D eigenvalue weighted by Crippen LogP contribution is -2.05. The van der Waals surface area contributed by atoms with Crippen LogP contribution in [-0.2, 0) is 6.42 Å². The fraction of sp³-hybridized carbons (Fsp3) is 0.222. The minimum Gasteiger partial charge on any atom is -0.355 e. The molecule has 0 unspecified atom stereocenters. The number of nitrogens with one attached hydrogen (secondary N) is 2. The first-order valence-corrected chi connectivity index (χ1v) is 10.9. The monoisotopic (exact) mass is 395 g/mol. The highest BCUT2D eigenvalue weighted by Crippen LogP contribution is 2.36. The Bertz CT molecular complexity index is 1080. The smallest absolute Gasteiger partial charge is 0.136 e. The second-order valence-corrected chi connectivity index (χ2v) is 7.62. The molecule has 30 heavy (non-hydrogen) atoms. The highest BCUT2D eigenvalue weighted by Gasteiger charge is 2.15. The number of fused-ring (bicyclic) bond motifs is 1. The van der Waals surface area contributed by atoms with Gasteiger partial charge in [0.25, 0.3) is 0 Å². The zero-order valence-electron chi connectivity index (χ0n) is 17.6. The summed E-state index contributed by atoms with van der Waals surface area (Å²) in [7, 11) is 0. The molecule has 4 rings (SSSR count). The van der Waals surface area contributed by atoms with E-state index in [0.717, 1.165) is 46.6 Å². The van der Waals surface area contributed by atoms with Crippen molar-refractivity contribution >= 4 is 33.8 Å². The van der Waals surface area contributed by atoms with Gasteiger partial charge in [-0.3, -0.25) is 0 Å². The van der Waals surface area contributed by atoms with Gasteiger partial charge in [0.15, 0.2) is 0 Å². The number of nitrogens with zero attached hydrogens (tertiary/aromatic N) is 1. The summed E-state index contributed by atoms with van der Waals surface area (Å²) in [5, 5.41) is 8.44. The van der Waals surface area contributed by atoms with Gasteiger partial charge in [-0.1, -0.05) is 80.8 Å². The van der Waals surface area contributed by atoms with E-state index in [-0.39, 0.29) is 0 Å². The number of pyridine rings is 1. The predicted molar refractivity (Wildman–Crippen MR) is 129 cm³/mol. The third-order valence-corrected chi connectivity index (χ3v) is 5.35. The molecule has 0 aliphatic carbocycles. The first-order valence-electron chi connectivity index (χ1n) is 10.9. The summed E-state index contributed by atoms with van der Waals surface area (Å²) in [6.45, 7) is 2.25. The summed E-state index contributed by atoms with van der Waals surface area (Å²) in [4.78, 5) is 5.02. The number of para-hydroxylation sites is 3. The molecule has 0 aliphatic heterocycles. The van der Waals surface area contributed by atoms with E-state index in [9.17, 15) is 0 Å². The molecule has 3 nitrogen and oxygen atoms in total. The van der Waals surface area contributed by atoms with Gasteiger partial charge >= 0.3 is 0 Å². The van der Waals surface area contributed by atoms with E-state index in [1.807, 2.05) is 24.3 Å². The summed E-state index contributed by atoms with van der Waals surface area (Å²) >= 11 is 0. The van der Waals surface area contributed by atoms with Crippen molar-refractivity contribution in [1.29, 1.82) is 0 Å². The van der Waals surface area contributed by atoms with Gasteiger partial charge in [-0.2, -0.15) is 0 Å². The summed E-state index contributed by atoms with van der Waals surface area (Å²) in [5.74, 6) is 0.940. The van der Waals surface area contributed by atoms with Gasteiger partial charge in [0.2, 0.25) is 0 Å². The van der Waals surface area contributed by atoms with Crippen LogP contribution in [-0.4, -0.2) is 4.98 Å². The van der Waals surface area contributed by atoms with Crippen molar-refractivity contribution in [1.82, 2.24) is 4.98 Å².